The molecule has 1 aliphatic heterocycles. The molecule has 0 bridgehead atoms. The third kappa shape index (κ3) is 3.98. The minimum absolute atomic E-state index is 0.920. The van der Waals surface area contributed by atoms with Gasteiger partial charge in [-0.3, -0.25) is 4.57 Å². The molecular weight excluding hydrogens is 545 g/mol. The Labute approximate surface area is 251 Å². The van der Waals surface area contributed by atoms with E-state index in [0.29, 0.717) is 0 Å². The lowest BCUT2D eigenvalue weighted by Crippen LogP contribution is -2.74. The van der Waals surface area contributed by atoms with Gasteiger partial charge in [0, 0.05) is 5.75 Å². The number of hydrogen-bond acceptors (Lipinski definition) is 2. The predicted octanol–water partition coefficient (Wildman–Crippen LogP) is 6.68. The van der Waals surface area contributed by atoms with E-state index in [1.54, 1.807) is 0 Å². The van der Waals surface area contributed by atoms with Crippen molar-refractivity contribution in [1.29, 1.82) is 0 Å². The monoisotopic (exact) mass is 572 g/mol. The molecule has 0 saturated carbocycles. The van der Waals surface area contributed by atoms with E-state index in [2.05, 4.69) is 162 Å². The quantitative estimate of drug-likeness (QED) is 0.169. The lowest BCUT2D eigenvalue weighted by molar-refractivity contribution is 0.895. The molecule has 7 aromatic rings. The highest BCUT2D eigenvalue weighted by Gasteiger charge is 2.41. The van der Waals surface area contributed by atoms with Crippen LogP contribution >= 0.6 is 11.8 Å². The molecule has 1 aromatic heterocycles. The lowest BCUT2D eigenvalue weighted by Gasteiger charge is -2.34. The van der Waals surface area contributed by atoms with Crippen LogP contribution in [0.5, 0.6) is 0 Å². The van der Waals surface area contributed by atoms with Crippen LogP contribution in [-0.2, 0) is 5.75 Å². The van der Waals surface area contributed by atoms with E-state index in [9.17, 15) is 0 Å². The zero-order valence-electron chi connectivity index (χ0n) is 23.0. The zero-order chi connectivity index (χ0) is 27.9. The first-order valence-corrected chi connectivity index (χ1v) is 17.3. The Morgan fingerprint density at radius 1 is 0.524 bits per heavy atom. The third-order valence-electron chi connectivity index (χ3n) is 8.46. The van der Waals surface area contributed by atoms with E-state index in [1.807, 2.05) is 11.8 Å². The van der Waals surface area contributed by atoms with Crippen molar-refractivity contribution in [2.24, 2.45) is 0 Å². The largest absolute Gasteiger partial charge is 0.287 e. The average Bonchev–Trinajstić information content (AvgIpc) is 3.46. The van der Waals surface area contributed by atoms with Gasteiger partial charge >= 0.3 is 0 Å². The fourth-order valence-corrected chi connectivity index (χ4v) is 12.4. The molecule has 0 N–H and O–H groups in total. The summed E-state index contributed by atoms with van der Waals surface area (Å²) in [5.74, 6) is 0.920. The van der Waals surface area contributed by atoms with E-state index in [0.717, 1.165) is 16.4 Å². The zero-order valence-corrected chi connectivity index (χ0v) is 24.8. The predicted molar refractivity (Wildman–Crippen MR) is 180 cm³/mol. The molecule has 1 aliphatic rings. The summed E-state index contributed by atoms with van der Waals surface area (Å²) >= 11 is 1.82. The van der Waals surface area contributed by atoms with E-state index in [-0.39, 0.29) is 0 Å². The molecule has 6 aromatic carbocycles. The van der Waals surface area contributed by atoms with Crippen LogP contribution in [0.1, 0.15) is 5.56 Å². The van der Waals surface area contributed by atoms with Gasteiger partial charge in [-0.25, -0.2) is 4.98 Å². The fourth-order valence-electron chi connectivity index (χ4n) is 6.57. The highest BCUT2D eigenvalue weighted by molar-refractivity contribution is 7.98. The number of hydrogen-bond donors (Lipinski definition) is 0. The number of nitrogens with zero attached hydrogens (tertiary/aromatic N) is 2. The molecule has 0 radical (unpaired) electrons. The normalized spacial score (nSPS) is 12.6. The van der Waals surface area contributed by atoms with Crippen molar-refractivity contribution in [3.63, 3.8) is 0 Å². The molecule has 2 heterocycles. The van der Waals surface area contributed by atoms with E-state index < -0.39 is 8.07 Å². The Bertz CT molecular complexity index is 1940. The van der Waals surface area contributed by atoms with E-state index >= 15 is 0 Å². The number of para-hydroxylation sites is 2. The molecule has 200 valence electrons. The van der Waals surface area contributed by atoms with Crippen LogP contribution in [0.25, 0.3) is 27.8 Å². The van der Waals surface area contributed by atoms with Gasteiger partial charge in [0.25, 0.3) is 0 Å². The maximum Gasteiger partial charge on any atom is 0.179 e. The van der Waals surface area contributed by atoms with Crippen molar-refractivity contribution in [1.82, 2.24) is 9.55 Å². The minimum Gasteiger partial charge on any atom is -0.287 e. The Kier molecular flexibility index (Phi) is 6.17. The summed E-state index contributed by atoms with van der Waals surface area (Å²) in [7, 11) is -2.58. The van der Waals surface area contributed by atoms with Crippen molar-refractivity contribution < 1.29 is 0 Å². The summed E-state index contributed by atoms with van der Waals surface area (Å²) < 4.78 is 2.32. The lowest BCUT2D eigenvalue weighted by atomic mass is 10.0. The Hall–Kier alpha value is -4.64. The Morgan fingerprint density at radius 3 is 1.76 bits per heavy atom. The molecule has 0 fully saturated rings. The number of benzene rings is 6. The van der Waals surface area contributed by atoms with Crippen molar-refractivity contribution >= 4 is 51.6 Å². The summed E-state index contributed by atoms with van der Waals surface area (Å²) in [4.78, 5) is 4.89. The van der Waals surface area contributed by atoms with Crippen LogP contribution < -0.4 is 20.7 Å². The van der Waals surface area contributed by atoms with Gasteiger partial charge in [0.05, 0.1) is 16.7 Å². The standard InChI is InChI=1S/C38H28N2SSi/c1-4-14-31(15-5-1)42(32-16-6-2-7-17-32,33-18-8-3-9-19-33)34-20-12-13-28(26-34)29-23-24-36-30(25-29)27-41-38-39-35-21-10-11-22-37(35)40(36)38/h1-26H,27H2. The second kappa shape index (κ2) is 10.3. The molecule has 0 spiro atoms. The van der Waals surface area contributed by atoms with Crippen LogP contribution in [-0.4, -0.2) is 17.6 Å². The smallest absolute Gasteiger partial charge is 0.179 e. The molecule has 42 heavy (non-hydrogen) atoms. The molecule has 0 saturated heterocycles. The van der Waals surface area contributed by atoms with E-state index in [4.69, 9.17) is 4.98 Å². The van der Waals surface area contributed by atoms with Gasteiger partial charge in [0.2, 0.25) is 0 Å². The topological polar surface area (TPSA) is 17.8 Å². The molecule has 0 atom stereocenters. The second-order valence-electron chi connectivity index (χ2n) is 10.8. The first-order valence-electron chi connectivity index (χ1n) is 14.3. The number of aromatic nitrogens is 2. The summed E-state index contributed by atoms with van der Waals surface area (Å²) in [5.41, 5.74) is 7.30. The Morgan fingerprint density at radius 2 is 1.10 bits per heavy atom. The first-order chi connectivity index (χ1) is 20.8. The molecule has 0 amide bonds. The van der Waals surface area contributed by atoms with Crippen LogP contribution in [0.4, 0.5) is 0 Å². The van der Waals surface area contributed by atoms with Crippen LogP contribution in [0.15, 0.2) is 163 Å². The molecule has 4 heteroatoms. The van der Waals surface area contributed by atoms with Gasteiger partial charge in [-0.1, -0.05) is 145 Å². The van der Waals surface area contributed by atoms with Gasteiger partial charge < -0.3 is 0 Å². The van der Waals surface area contributed by atoms with Gasteiger partial charge in [-0.15, -0.1) is 0 Å². The number of fused-ring (bicyclic) bond motifs is 5. The first kappa shape index (κ1) is 25.1. The molecule has 8 rings (SSSR count). The van der Waals surface area contributed by atoms with Gasteiger partial charge in [0.1, 0.15) is 0 Å². The summed E-state index contributed by atoms with van der Waals surface area (Å²) in [6.07, 6.45) is 0. The SMILES string of the molecule is c1ccc([Si](c2ccccc2)(c2ccccc2)c2cccc(-c3ccc4c(c3)CSc3nc5ccccc5n3-4)c2)cc1. The van der Waals surface area contributed by atoms with Crippen LogP contribution in [0.2, 0.25) is 0 Å². The molecular formula is C38H28N2SSi. The Balaban J connectivity index is 1.31. The third-order valence-corrected chi connectivity index (χ3v) is 14.2. The summed E-state index contributed by atoms with van der Waals surface area (Å²) in [6.45, 7) is 0. The van der Waals surface area contributed by atoms with Crippen LogP contribution in [0.3, 0.4) is 0 Å². The summed E-state index contributed by atoms with van der Waals surface area (Å²) in [6, 6.07) is 58.1. The minimum atomic E-state index is -2.58. The maximum atomic E-state index is 4.89. The second-order valence-corrected chi connectivity index (χ2v) is 15.5. The van der Waals surface area contributed by atoms with Crippen molar-refractivity contribution in [2.45, 2.75) is 10.9 Å². The molecule has 0 unspecified atom stereocenters. The average molecular weight is 573 g/mol. The highest BCUT2D eigenvalue weighted by atomic mass is 32.2. The van der Waals surface area contributed by atoms with Gasteiger partial charge in [-0.2, -0.15) is 0 Å². The van der Waals surface area contributed by atoms with Crippen LogP contribution in [0, 0.1) is 0 Å². The summed E-state index contributed by atoms with van der Waals surface area (Å²) in [5, 5.41) is 6.63. The molecule has 2 nitrogen and oxygen atoms in total. The molecule has 0 aliphatic carbocycles. The van der Waals surface area contributed by atoms with Gasteiger partial charge in [0.15, 0.2) is 13.2 Å². The van der Waals surface area contributed by atoms with Gasteiger partial charge in [-0.05, 0) is 61.7 Å². The fraction of sp³-hybridized carbons (Fsp3) is 0.0263. The number of rotatable bonds is 5. The highest BCUT2D eigenvalue weighted by Crippen LogP contribution is 2.38. The van der Waals surface area contributed by atoms with Crippen molar-refractivity contribution in [2.75, 3.05) is 0 Å². The maximum absolute atomic E-state index is 4.89. The number of imidazole rings is 1. The number of thioether (sulfide) groups is 1. The van der Waals surface area contributed by atoms with Crippen molar-refractivity contribution in [3.05, 3.63) is 163 Å². The van der Waals surface area contributed by atoms with Crippen molar-refractivity contribution in [3.8, 4) is 16.8 Å². The van der Waals surface area contributed by atoms with E-state index in [1.165, 1.54) is 48.6 Å².